The molecule has 1 N–H and O–H groups in total. The Bertz CT molecular complexity index is 559. The van der Waals surface area contributed by atoms with Crippen molar-refractivity contribution in [1.82, 2.24) is 14.5 Å². The third-order valence-electron chi connectivity index (χ3n) is 2.42. The van der Waals surface area contributed by atoms with Gasteiger partial charge in [-0.05, 0) is 26.8 Å². The summed E-state index contributed by atoms with van der Waals surface area (Å²) in [5.41, 5.74) is 1.61. The van der Waals surface area contributed by atoms with Gasteiger partial charge in [-0.25, -0.2) is 4.98 Å². The van der Waals surface area contributed by atoms with Crippen molar-refractivity contribution in [3.63, 3.8) is 0 Å². The van der Waals surface area contributed by atoms with Crippen LogP contribution in [-0.2, 0) is 10.4 Å². The van der Waals surface area contributed by atoms with E-state index in [0.29, 0.717) is 5.49 Å². The Labute approximate surface area is 93.8 Å². The summed E-state index contributed by atoms with van der Waals surface area (Å²) in [6.07, 6.45) is 3.65. The summed E-state index contributed by atoms with van der Waals surface area (Å²) in [5, 5.41) is 4.84. The maximum atomic E-state index is 4.77. The van der Waals surface area contributed by atoms with E-state index in [-0.39, 0.29) is 5.54 Å². The lowest BCUT2D eigenvalue weighted by molar-refractivity contribution is 0.199. The standard InChI is InChI=1S/C11H16N4O/c1-11(2,3)15-6-5-8-9(14-16-4)12-7-13-10(8)15/h5-7H,1-4H3,(H,12,13,14). The molecule has 2 aromatic rings. The average molecular weight is 220 g/mol. The molecule has 2 aromatic heterocycles. The molecule has 0 fully saturated rings. The van der Waals surface area contributed by atoms with Crippen molar-refractivity contribution < 1.29 is 4.84 Å². The zero-order valence-corrected chi connectivity index (χ0v) is 9.98. The maximum absolute atomic E-state index is 4.77. The van der Waals surface area contributed by atoms with Gasteiger partial charge in [0.1, 0.15) is 12.8 Å². The van der Waals surface area contributed by atoms with Gasteiger partial charge in [-0.3, -0.25) is 0 Å². The van der Waals surface area contributed by atoms with E-state index in [4.69, 9.17) is 4.84 Å². The molecule has 0 bridgehead atoms. The molecular weight excluding hydrogens is 204 g/mol. The Morgan fingerprint density at radius 3 is 2.81 bits per heavy atom. The van der Waals surface area contributed by atoms with Crippen molar-refractivity contribution in [2.75, 3.05) is 7.11 Å². The molecule has 0 saturated carbocycles. The highest BCUT2D eigenvalue weighted by atomic mass is 16.6. The van der Waals surface area contributed by atoms with Crippen LogP contribution >= 0.6 is 0 Å². The van der Waals surface area contributed by atoms with Crippen molar-refractivity contribution in [1.29, 1.82) is 0 Å². The fraction of sp³-hybridized carbons (Fsp3) is 0.455. The Morgan fingerprint density at radius 2 is 2.19 bits per heavy atom. The van der Waals surface area contributed by atoms with Gasteiger partial charge in [-0.2, -0.15) is 0 Å². The van der Waals surface area contributed by atoms with Crippen LogP contribution in [0.3, 0.4) is 0 Å². The van der Waals surface area contributed by atoms with Gasteiger partial charge in [-0.1, -0.05) is 5.16 Å². The Morgan fingerprint density at radius 1 is 1.44 bits per heavy atom. The highest BCUT2D eigenvalue weighted by Gasteiger charge is 2.16. The van der Waals surface area contributed by atoms with Gasteiger partial charge >= 0.3 is 0 Å². The van der Waals surface area contributed by atoms with Crippen LogP contribution in [0, 0.1) is 0 Å². The molecule has 2 rings (SSSR count). The van der Waals surface area contributed by atoms with Gasteiger partial charge in [0.2, 0.25) is 5.49 Å². The lowest BCUT2D eigenvalue weighted by Crippen LogP contribution is -2.21. The number of H-pyrrole nitrogens is 1. The quantitative estimate of drug-likeness (QED) is 0.742. The van der Waals surface area contributed by atoms with Gasteiger partial charge in [0.25, 0.3) is 0 Å². The first-order valence-electron chi connectivity index (χ1n) is 5.16. The number of rotatable bonds is 1. The highest BCUT2D eigenvalue weighted by molar-refractivity contribution is 5.74. The normalized spacial score (nSPS) is 13.4. The van der Waals surface area contributed by atoms with Crippen LogP contribution in [-0.4, -0.2) is 21.6 Å². The van der Waals surface area contributed by atoms with E-state index in [0.717, 1.165) is 11.0 Å². The average Bonchev–Trinajstić information content (AvgIpc) is 2.62. The zero-order chi connectivity index (χ0) is 11.8. The topological polar surface area (TPSA) is 55.2 Å². The smallest absolute Gasteiger partial charge is 0.203 e. The highest BCUT2D eigenvalue weighted by Crippen LogP contribution is 2.19. The molecule has 16 heavy (non-hydrogen) atoms. The van der Waals surface area contributed by atoms with Crippen molar-refractivity contribution >= 4 is 11.0 Å². The van der Waals surface area contributed by atoms with Crippen LogP contribution in [0.1, 0.15) is 20.8 Å². The fourth-order valence-electron chi connectivity index (χ4n) is 1.70. The molecule has 0 aliphatic rings. The van der Waals surface area contributed by atoms with E-state index in [1.807, 2.05) is 12.3 Å². The molecule has 0 radical (unpaired) electrons. The minimum absolute atomic E-state index is 0.0178. The Hall–Kier alpha value is -1.78. The third kappa shape index (κ3) is 1.68. The molecule has 0 spiro atoms. The molecule has 2 heterocycles. The minimum atomic E-state index is 0.0178. The summed E-state index contributed by atoms with van der Waals surface area (Å²) in [6.45, 7) is 6.44. The van der Waals surface area contributed by atoms with Crippen molar-refractivity contribution in [2.24, 2.45) is 5.16 Å². The SMILES string of the molecule is CO/N=c1\nc[nH]c2c1ccn2C(C)(C)C. The van der Waals surface area contributed by atoms with Crippen molar-refractivity contribution in [2.45, 2.75) is 26.3 Å². The molecule has 86 valence electrons. The molecule has 0 amide bonds. The number of nitrogens with one attached hydrogen (secondary N) is 1. The first kappa shape index (κ1) is 10.7. The molecule has 0 aromatic carbocycles. The summed E-state index contributed by atoms with van der Waals surface area (Å²) >= 11 is 0. The predicted molar refractivity (Wildman–Crippen MR) is 61.7 cm³/mol. The number of hydrogen-bond donors (Lipinski definition) is 1. The van der Waals surface area contributed by atoms with E-state index in [2.05, 4.69) is 40.5 Å². The lowest BCUT2D eigenvalue weighted by atomic mass is 10.1. The van der Waals surface area contributed by atoms with E-state index in [1.54, 1.807) is 6.33 Å². The summed E-state index contributed by atoms with van der Waals surface area (Å²) in [5.74, 6) is 0. The number of aromatic nitrogens is 3. The van der Waals surface area contributed by atoms with Gasteiger partial charge in [0.15, 0.2) is 0 Å². The monoisotopic (exact) mass is 220 g/mol. The van der Waals surface area contributed by atoms with E-state index in [1.165, 1.54) is 7.11 Å². The maximum Gasteiger partial charge on any atom is 0.203 e. The summed E-state index contributed by atoms with van der Waals surface area (Å²) in [4.78, 5) is 12.0. The lowest BCUT2D eigenvalue weighted by Gasteiger charge is -2.22. The summed E-state index contributed by atoms with van der Waals surface area (Å²) in [6, 6.07) is 1.99. The number of hydrogen-bond acceptors (Lipinski definition) is 3. The van der Waals surface area contributed by atoms with Crippen molar-refractivity contribution in [3.05, 3.63) is 24.1 Å². The molecule has 0 atom stereocenters. The van der Waals surface area contributed by atoms with Gasteiger partial charge < -0.3 is 14.4 Å². The molecule has 0 aliphatic heterocycles. The first-order chi connectivity index (χ1) is 7.54. The number of nitrogens with zero attached hydrogens (tertiary/aromatic N) is 3. The van der Waals surface area contributed by atoms with E-state index >= 15 is 0 Å². The van der Waals surface area contributed by atoms with Crippen molar-refractivity contribution in [3.8, 4) is 0 Å². The summed E-state index contributed by atoms with van der Waals surface area (Å²) in [7, 11) is 1.52. The molecule has 0 unspecified atom stereocenters. The predicted octanol–water partition coefficient (Wildman–Crippen LogP) is 1.58. The molecule has 0 aliphatic carbocycles. The van der Waals surface area contributed by atoms with Crippen LogP contribution < -0.4 is 5.49 Å². The van der Waals surface area contributed by atoms with Gasteiger partial charge in [0.05, 0.1) is 11.7 Å². The third-order valence-corrected chi connectivity index (χ3v) is 2.42. The zero-order valence-electron chi connectivity index (χ0n) is 9.98. The number of aromatic amines is 1. The van der Waals surface area contributed by atoms with E-state index < -0.39 is 0 Å². The minimum Gasteiger partial charge on any atom is -0.397 e. The Balaban J connectivity index is 2.76. The number of fused-ring (bicyclic) bond motifs is 1. The molecular formula is C11H16N4O. The van der Waals surface area contributed by atoms with Crippen LogP contribution in [0.2, 0.25) is 0 Å². The van der Waals surface area contributed by atoms with Gasteiger partial charge in [-0.15, -0.1) is 0 Å². The fourth-order valence-corrected chi connectivity index (χ4v) is 1.70. The van der Waals surface area contributed by atoms with E-state index in [9.17, 15) is 0 Å². The first-order valence-corrected chi connectivity index (χ1v) is 5.16. The second-order valence-electron chi connectivity index (χ2n) is 4.62. The van der Waals surface area contributed by atoms with Crippen LogP contribution in [0.15, 0.2) is 23.7 Å². The summed E-state index contributed by atoms with van der Waals surface area (Å²) < 4.78 is 2.15. The second-order valence-corrected chi connectivity index (χ2v) is 4.62. The second kappa shape index (κ2) is 3.66. The molecule has 5 heteroatoms. The van der Waals surface area contributed by atoms with Crippen LogP contribution in [0.4, 0.5) is 0 Å². The Kier molecular flexibility index (Phi) is 2.46. The van der Waals surface area contributed by atoms with Crippen LogP contribution in [0.5, 0.6) is 0 Å². The molecule has 5 nitrogen and oxygen atoms in total. The van der Waals surface area contributed by atoms with Crippen LogP contribution in [0.25, 0.3) is 11.0 Å². The molecule has 0 saturated heterocycles. The largest absolute Gasteiger partial charge is 0.397 e. The van der Waals surface area contributed by atoms with Gasteiger partial charge in [0, 0.05) is 11.7 Å².